The van der Waals surface area contributed by atoms with Crippen molar-refractivity contribution in [3.05, 3.63) is 26.9 Å². The lowest BCUT2D eigenvalue weighted by atomic mass is 10.3. The van der Waals surface area contributed by atoms with Gasteiger partial charge in [0.2, 0.25) is 0 Å². The Balaban J connectivity index is 2.93. The molecular weight excluding hydrogens is 356 g/mol. The monoisotopic (exact) mass is 366 g/mol. The molecule has 0 radical (unpaired) electrons. The van der Waals surface area contributed by atoms with E-state index in [1.54, 1.807) is 0 Å². The fourth-order valence-electron chi connectivity index (χ4n) is 0.779. The van der Waals surface area contributed by atoms with E-state index in [1.807, 2.05) is 32.9 Å². The van der Waals surface area contributed by atoms with Gasteiger partial charge in [0.1, 0.15) is 15.6 Å². The third-order valence-electron chi connectivity index (χ3n) is 1.63. The summed E-state index contributed by atoms with van der Waals surface area (Å²) in [7, 11) is -1.26. The van der Waals surface area contributed by atoms with Crippen molar-refractivity contribution < 1.29 is 4.21 Å². The number of aromatic nitrogens is 1. The lowest BCUT2D eigenvalue weighted by Gasteiger charge is -2.12. The lowest BCUT2D eigenvalue weighted by Crippen LogP contribution is -2.19. The first-order chi connectivity index (χ1) is 7.30. The first-order valence-electron chi connectivity index (χ1n) is 4.59. The standard InChI is InChI=1S/C10H12Br2N2OS/c1-10(2,3)16(15)13-6-8-7(11)4-5-9(12)14-8/h4-6H,1-3H3/b13-6-/t16-/m0/s1. The number of halogens is 2. The summed E-state index contributed by atoms with van der Waals surface area (Å²) >= 11 is 6.63. The van der Waals surface area contributed by atoms with E-state index >= 15 is 0 Å². The van der Waals surface area contributed by atoms with Gasteiger partial charge >= 0.3 is 0 Å². The zero-order valence-electron chi connectivity index (χ0n) is 9.20. The molecule has 0 bridgehead atoms. The number of hydrogen-bond acceptors (Lipinski definition) is 2. The van der Waals surface area contributed by atoms with E-state index in [0.29, 0.717) is 5.69 Å². The third-order valence-corrected chi connectivity index (χ3v) is 4.09. The Morgan fingerprint density at radius 3 is 2.56 bits per heavy atom. The van der Waals surface area contributed by atoms with Gasteiger partial charge in [-0.3, -0.25) is 0 Å². The van der Waals surface area contributed by atoms with Crippen LogP contribution >= 0.6 is 31.9 Å². The molecule has 3 nitrogen and oxygen atoms in total. The predicted molar refractivity (Wildman–Crippen MR) is 75.1 cm³/mol. The highest BCUT2D eigenvalue weighted by Crippen LogP contribution is 2.17. The molecule has 0 unspecified atom stereocenters. The van der Waals surface area contributed by atoms with Gasteiger partial charge in [-0.2, -0.15) is 4.40 Å². The van der Waals surface area contributed by atoms with Crippen LogP contribution in [0.2, 0.25) is 0 Å². The molecule has 16 heavy (non-hydrogen) atoms. The van der Waals surface area contributed by atoms with Gasteiger partial charge < -0.3 is 0 Å². The second-order valence-electron chi connectivity index (χ2n) is 4.10. The molecule has 1 aromatic heterocycles. The van der Waals surface area contributed by atoms with Gasteiger partial charge in [-0.05, 0) is 64.8 Å². The Morgan fingerprint density at radius 2 is 2.00 bits per heavy atom. The molecule has 6 heteroatoms. The van der Waals surface area contributed by atoms with Gasteiger partial charge in [0.15, 0.2) is 0 Å². The summed E-state index contributed by atoms with van der Waals surface area (Å²) in [5, 5.41) is 0. The molecule has 0 aliphatic rings. The minimum atomic E-state index is -1.26. The summed E-state index contributed by atoms with van der Waals surface area (Å²) in [6.45, 7) is 5.64. The first-order valence-corrected chi connectivity index (χ1v) is 7.28. The Kier molecular flexibility index (Phi) is 4.82. The highest BCUT2D eigenvalue weighted by atomic mass is 79.9. The Labute approximate surface area is 115 Å². The van der Waals surface area contributed by atoms with Gasteiger partial charge in [-0.1, -0.05) is 0 Å². The van der Waals surface area contributed by atoms with E-state index in [1.165, 1.54) is 6.21 Å². The largest absolute Gasteiger partial charge is 0.239 e. The van der Waals surface area contributed by atoms with E-state index in [4.69, 9.17) is 0 Å². The van der Waals surface area contributed by atoms with Crippen LogP contribution in [0.3, 0.4) is 0 Å². The number of pyridine rings is 1. The van der Waals surface area contributed by atoms with Crippen molar-refractivity contribution in [2.45, 2.75) is 25.5 Å². The average molecular weight is 368 g/mol. The van der Waals surface area contributed by atoms with E-state index in [9.17, 15) is 4.21 Å². The summed E-state index contributed by atoms with van der Waals surface area (Å²) in [6, 6.07) is 3.68. The molecule has 0 aromatic carbocycles. The van der Waals surface area contributed by atoms with Crippen molar-refractivity contribution in [2.24, 2.45) is 4.40 Å². The Hall–Kier alpha value is -0.0700. The van der Waals surface area contributed by atoms with Crippen molar-refractivity contribution in [1.29, 1.82) is 0 Å². The van der Waals surface area contributed by atoms with Crippen LogP contribution in [-0.4, -0.2) is 20.2 Å². The van der Waals surface area contributed by atoms with Gasteiger partial charge in [-0.25, -0.2) is 9.19 Å². The zero-order valence-corrected chi connectivity index (χ0v) is 13.2. The molecule has 1 aromatic rings. The lowest BCUT2D eigenvalue weighted by molar-refractivity contribution is 0.651. The molecule has 0 aliphatic carbocycles. The summed E-state index contributed by atoms with van der Waals surface area (Å²) in [5.41, 5.74) is 0.659. The van der Waals surface area contributed by atoms with Gasteiger partial charge in [0.05, 0.1) is 16.7 Å². The number of hydrogen-bond donors (Lipinski definition) is 0. The molecule has 88 valence electrons. The molecule has 0 amide bonds. The fraction of sp³-hybridized carbons (Fsp3) is 0.400. The molecule has 0 saturated carbocycles. The molecule has 0 fully saturated rings. The summed E-state index contributed by atoms with van der Waals surface area (Å²) in [5.74, 6) is 0. The SMILES string of the molecule is CC(C)(C)[S@](=O)/N=C\c1nc(Br)ccc1Br. The van der Waals surface area contributed by atoms with Gasteiger partial charge in [-0.15, -0.1) is 0 Å². The van der Waals surface area contributed by atoms with E-state index in [2.05, 4.69) is 41.2 Å². The summed E-state index contributed by atoms with van der Waals surface area (Å²) < 4.78 is 16.9. The maximum absolute atomic E-state index is 11.7. The minimum absolute atomic E-state index is 0.352. The van der Waals surface area contributed by atoms with Gasteiger partial charge in [0, 0.05) is 4.47 Å². The number of rotatable bonds is 2. The van der Waals surface area contributed by atoms with Crippen molar-refractivity contribution >= 4 is 49.1 Å². The van der Waals surface area contributed by atoms with Crippen LogP contribution in [-0.2, 0) is 11.0 Å². The van der Waals surface area contributed by atoms with Crippen molar-refractivity contribution in [1.82, 2.24) is 4.98 Å². The second-order valence-corrected chi connectivity index (χ2v) is 7.70. The first kappa shape index (κ1) is 14.0. The molecule has 0 saturated heterocycles. The topological polar surface area (TPSA) is 42.3 Å². The van der Waals surface area contributed by atoms with Crippen molar-refractivity contribution in [2.75, 3.05) is 0 Å². The van der Waals surface area contributed by atoms with E-state index < -0.39 is 11.0 Å². The van der Waals surface area contributed by atoms with Crippen LogP contribution in [0.15, 0.2) is 25.6 Å². The molecule has 1 rings (SSSR count). The summed E-state index contributed by atoms with van der Waals surface area (Å²) in [4.78, 5) is 4.21. The second kappa shape index (κ2) is 5.51. The molecular formula is C10H12Br2N2OS. The highest BCUT2D eigenvalue weighted by molar-refractivity contribution is 9.11. The fourth-order valence-corrected chi connectivity index (χ4v) is 1.94. The molecule has 0 aliphatic heterocycles. The van der Waals surface area contributed by atoms with E-state index in [-0.39, 0.29) is 4.75 Å². The van der Waals surface area contributed by atoms with E-state index in [0.717, 1.165) is 9.08 Å². The minimum Gasteiger partial charge on any atom is -0.239 e. The quantitative estimate of drug-likeness (QED) is 0.593. The summed E-state index contributed by atoms with van der Waals surface area (Å²) in [6.07, 6.45) is 1.52. The van der Waals surface area contributed by atoms with Crippen LogP contribution in [0, 0.1) is 0 Å². The predicted octanol–water partition coefficient (Wildman–Crippen LogP) is 3.49. The van der Waals surface area contributed by atoms with Crippen LogP contribution in [0.5, 0.6) is 0 Å². The molecule has 1 atom stereocenters. The molecule has 0 N–H and O–H groups in total. The van der Waals surface area contributed by atoms with Crippen LogP contribution < -0.4 is 0 Å². The van der Waals surface area contributed by atoms with Crippen molar-refractivity contribution in [3.63, 3.8) is 0 Å². The smallest absolute Gasteiger partial charge is 0.144 e. The van der Waals surface area contributed by atoms with Crippen LogP contribution in [0.1, 0.15) is 26.5 Å². The Morgan fingerprint density at radius 1 is 1.38 bits per heavy atom. The zero-order chi connectivity index (χ0) is 12.3. The maximum Gasteiger partial charge on any atom is 0.144 e. The van der Waals surface area contributed by atoms with Gasteiger partial charge in [0.25, 0.3) is 0 Å². The van der Waals surface area contributed by atoms with Crippen molar-refractivity contribution in [3.8, 4) is 0 Å². The average Bonchev–Trinajstić information content (AvgIpc) is 2.17. The Bertz CT molecular complexity index is 441. The maximum atomic E-state index is 11.7. The molecule has 1 heterocycles. The third kappa shape index (κ3) is 4.07. The normalized spacial score (nSPS) is 14.3. The number of nitrogens with zero attached hydrogens (tertiary/aromatic N) is 2. The highest BCUT2D eigenvalue weighted by Gasteiger charge is 2.18. The van der Waals surface area contributed by atoms with Crippen LogP contribution in [0.25, 0.3) is 0 Å². The van der Waals surface area contributed by atoms with Crippen LogP contribution in [0.4, 0.5) is 0 Å². The molecule has 0 spiro atoms.